The summed E-state index contributed by atoms with van der Waals surface area (Å²) in [4.78, 5) is 29.9. The van der Waals surface area contributed by atoms with E-state index < -0.39 is 21.9 Å². The zero-order chi connectivity index (χ0) is 23.6. The van der Waals surface area contributed by atoms with Gasteiger partial charge in [-0.2, -0.15) is 9.30 Å². The highest BCUT2D eigenvalue weighted by Gasteiger charge is 2.27. The summed E-state index contributed by atoms with van der Waals surface area (Å²) in [6.45, 7) is 4.91. The van der Waals surface area contributed by atoms with Gasteiger partial charge in [0.1, 0.15) is 6.54 Å². The number of sulfonamides is 1. The van der Waals surface area contributed by atoms with Gasteiger partial charge >= 0.3 is 5.97 Å². The maximum atomic E-state index is 12.9. The van der Waals surface area contributed by atoms with Crippen molar-refractivity contribution in [3.8, 4) is 0 Å². The van der Waals surface area contributed by atoms with Crippen molar-refractivity contribution >= 4 is 43.5 Å². The summed E-state index contributed by atoms with van der Waals surface area (Å²) in [6.07, 6.45) is 1.71. The summed E-state index contributed by atoms with van der Waals surface area (Å²) in [6, 6.07) is 11.6. The quantitative estimate of drug-likeness (QED) is 0.498. The lowest BCUT2D eigenvalue weighted by Gasteiger charge is -2.15. The third-order valence-electron chi connectivity index (χ3n) is 5.50. The summed E-state index contributed by atoms with van der Waals surface area (Å²) in [5, 5.41) is 0. The normalized spacial score (nSPS) is 15.3. The lowest BCUT2D eigenvalue weighted by atomic mass is 10.2. The molecule has 1 aromatic heterocycles. The van der Waals surface area contributed by atoms with Crippen LogP contribution in [-0.2, 0) is 26.1 Å². The number of aromatic nitrogens is 1. The van der Waals surface area contributed by atoms with Crippen molar-refractivity contribution in [3.63, 3.8) is 0 Å². The SMILES string of the molecule is CCOC(=O)Cn1c(=NC(=O)c2ccc(S(=O)(=O)N3CCCC3)cc2)sc2cccc(C)c21. The summed E-state index contributed by atoms with van der Waals surface area (Å²) in [7, 11) is -3.55. The molecule has 1 aliphatic rings. The highest BCUT2D eigenvalue weighted by Crippen LogP contribution is 2.23. The lowest BCUT2D eigenvalue weighted by Crippen LogP contribution is -2.27. The third kappa shape index (κ3) is 4.78. The van der Waals surface area contributed by atoms with Crippen LogP contribution in [0.4, 0.5) is 0 Å². The molecule has 3 aromatic rings. The summed E-state index contributed by atoms with van der Waals surface area (Å²) in [5.41, 5.74) is 2.06. The Morgan fingerprint density at radius 1 is 1.09 bits per heavy atom. The molecule has 1 fully saturated rings. The molecule has 8 nitrogen and oxygen atoms in total. The van der Waals surface area contributed by atoms with Crippen molar-refractivity contribution in [2.24, 2.45) is 4.99 Å². The molecule has 0 N–H and O–H groups in total. The Labute approximate surface area is 196 Å². The van der Waals surface area contributed by atoms with Crippen LogP contribution in [0.2, 0.25) is 0 Å². The first-order valence-electron chi connectivity index (χ1n) is 10.7. The number of benzene rings is 2. The maximum absolute atomic E-state index is 12.9. The Hall–Kier alpha value is -2.82. The van der Waals surface area contributed by atoms with Gasteiger partial charge in [-0.15, -0.1) is 0 Å². The van der Waals surface area contributed by atoms with Gasteiger partial charge in [0.2, 0.25) is 10.0 Å². The number of carbonyl (C=O) groups is 2. The highest BCUT2D eigenvalue weighted by molar-refractivity contribution is 7.89. The van der Waals surface area contributed by atoms with E-state index in [1.165, 1.54) is 39.9 Å². The van der Waals surface area contributed by atoms with Gasteiger partial charge in [-0.3, -0.25) is 9.59 Å². The number of esters is 1. The van der Waals surface area contributed by atoms with E-state index in [0.29, 0.717) is 17.9 Å². The Morgan fingerprint density at radius 3 is 2.45 bits per heavy atom. The van der Waals surface area contributed by atoms with E-state index in [1.807, 2.05) is 25.1 Å². The van der Waals surface area contributed by atoms with Crippen molar-refractivity contribution in [1.82, 2.24) is 8.87 Å². The van der Waals surface area contributed by atoms with Crippen molar-refractivity contribution in [3.05, 3.63) is 58.4 Å². The van der Waals surface area contributed by atoms with Gasteiger partial charge in [0.15, 0.2) is 4.80 Å². The van der Waals surface area contributed by atoms with Gasteiger partial charge in [0.05, 0.1) is 21.7 Å². The molecule has 0 unspecified atom stereocenters. The Balaban J connectivity index is 1.69. The fraction of sp³-hybridized carbons (Fsp3) is 0.348. The number of ether oxygens (including phenoxy) is 1. The zero-order valence-corrected chi connectivity index (χ0v) is 20.1. The van der Waals surface area contributed by atoms with E-state index in [1.54, 1.807) is 11.5 Å². The van der Waals surface area contributed by atoms with Crippen molar-refractivity contribution < 1.29 is 22.7 Å². The van der Waals surface area contributed by atoms with E-state index in [2.05, 4.69) is 4.99 Å². The van der Waals surface area contributed by atoms with Gasteiger partial charge in [0.25, 0.3) is 5.91 Å². The van der Waals surface area contributed by atoms with Crippen LogP contribution in [0.1, 0.15) is 35.7 Å². The molecule has 0 radical (unpaired) electrons. The number of amides is 1. The van der Waals surface area contributed by atoms with Crippen molar-refractivity contribution in [2.45, 2.75) is 38.1 Å². The average molecular weight is 488 g/mol. The molecule has 0 spiro atoms. The number of hydrogen-bond donors (Lipinski definition) is 0. The molecular formula is C23H25N3O5S2. The second kappa shape index (κ2) is 9.58. The van der Waals surface area contributed by atoms with E-state index in [-0.39, 0.29) is 23.6 Å². The second-order valence-electron chi connectivity index (χ2n) is 7.75. The lowest BCUT2D eigenvalue weighted by molar-refractivity contribution is -0.143. The van der Waals surface area contributed by atoms with Crippen LogP contribution in [0, 0.1) is 6.92 Å². The fourth-order valence-electron chi connectivity index (χ4n) is 3.87. The Morgan fingerprint density at radius 2 is 1.79 bits per heavy atom. The Kier molecular flexibility index (Phi) is 6.78. The third-order valence-corrected chi connectivity index (χ3v) is 8.45. The largest absolute Gasteiger partial charge is 0.465 e. The maximum Gasteiger partial charge on any atom is 0.326 e. The molecule has 10 heteroatoms. The van der Waals surface area contributed by atoms with E-state index >= 15 is 0 Å². The van der Waals surface area contributed by atoms with Gasteiger partial charge in [0, 0.05) is 18.7 Å². The molecule has 1 amide bonds. The van der Waals surface area contributed by atoms with E-state index in [4.69, 9.17) is 4.74 Å². The van der Waals surface area contributed by atoms with E-state index in [0.717, 1.165) is 28.6 Å². The smallest absolute Gasteiger partial charge is 0.326 e. The first-order chi connectivity index (χ1) is 15.8. The van der Waals surface area contributed by atoms with Gasteiger partial charge in [-0.05, 0) is 62.6 Å². The number of aryl methyl sites for hydroxylation is 1. The van der Waals surface area contributed by atoms with Crippen LogP contribution in [0.3, 0.4) is 0 Å². The number of rotatable bonds is 6. The minimum absolute atomic E-state index is 0.0577. The second-order valence-corrected chi connectivity index (χ2v) is 10.7. The highest BCUT2D eigenvalue weighted by atomic mass is 32.2. The number of para-hydroxylation sites is 1. The van der Waals surface area contributed by atoms with Crippen molar-refractivity contribution in [2.75, 3.05) is 19.7 Å². The molecule has 0 aliphatic carbocycles. The monoisotopic (exact) mass is 487 g/mol. The molecule has 2 aromatic carbocycles. The van der Waals surface area contributed by atoms with E-state index in [9.17, 15) is 18.0 Å². The van der Waals surface area contributed by atoms with Gasteiger partial charge < -0.3 is 9.30 Å². The number of fused-ring (bicyclic) bond motifs is 1. The van der Waals surface area contributed by atoms with Crippen LogP contribution in [-0.4, -0.2) is 48.9 Å². The van der Waals surface area contributed by atoms with Crippen LogP contribution in [0.25, 0.3) is 10.2 Å². The zero-order valence-electron chi connectivity index (χ0n) is 18.5. The molecular weight excluding hydrogens is 462 g/mol. The number of hydrogen-bond acceptors (Lipinski definition) is 6. The molecule has 1 aliphatic heterocycles. The number of thiazole rings is 1. The van der Waals surface area contributed by atoms with Crippen LogP contribution >= 0.6 is 11.3 Å². The van der Waals surface area contributed by atoms with Crippen molar-refractivity contribution in [1.29, 1.82) is 0 Å². The van der Waals surface area contributed by atoms with Crippen LogP contribution < -0.4 is 4.80 Å². The molecule has 0 saturated carbocycles. The van der Waals surface area contributed by atoms with Crippen LogP contribution in [0.15, 0.2) is 52.4 Å². The summed E-state index contributed by atoms with van der Waals surface area (Å²) < 4.78 is 34.6. The first kappa shape index (κ1) is 23.3. The predicted molar refractivity (Wildman–Crippen MR) is 126 cm³/mol. The topological polar surface area (TPSA) is 98.0 Å². The first-order valence-corrected chi connectivity index (χ1v) is 13.0. The molecule has 2 heterocycles. The molecule has 0 bridgehead atoms. The molecule has 33 heavy (non-hydrogen) atoms. The van der Waals surface area contributed by atoms with Gasteiger partial charge in [-0.25, -0.2) is 8.42 Å². The molecule has 4 rings (SSSR count). The average Bonchev–Trinajstić information content (AvgIpc) is 3.44. The van der Waals surface area contributed by atoms with Crippen LogP contribution in [0.5, 0.6) is 0 Å². The summed E-state index contributed by atoms with van der Waals surface area (Å²) >= 11 is 1.31. The molecule has 174 valence electrons. The minimum Gasteiger partial charge on any atom is -0.465 e. The molecule has 0 atom stereocenters. The van der Waals surface area contributed by atoms with Gasteiger partial charge in [-0.1, -0.05) is 23.5 Å². The summed E-state index contributed by atoms with van der Waals surface area (Å²) in [5.74, 6) is -0.923. The fourth-order valence-corrected chi connectivity index (χ4v) is 6.50. The minimum atomic E-state index is -3.55. The predicted octanol–water partition coefficient (Wildman–Crippen LogP) is 3.10. The standard InChI is InChI=1S/C23H25N3O5S2/c1-3-31-20(27)15-26-21-16(2)7-6-8-19(21)32-23(26)24-22(28)17-9-11-18(12-10-17)33(29,30)25-13-4-5-14-25/h6-12H,3-5,13-15H2,1-2H3. The molecule has 1 saturated heterocycles. The number of nitrogens with zero attached hydrogens (tertiary/aromatic N) is 3. The number of carbonyl (C=O) groups excluding carboxylic acids is 2. The Bertz CT molecular complexity index is 1370.